The summed E-state index contributed by atoms with van der Waals surface area (Å²) >= 11 is 0. The molecule has 0 aromatic heterocycles. The number of aryl methyl sites for hydroxylation is 2. The molecule has 1 aliphatic rings. The number of rotatable bonds is 8. The summed E-state index contributed by atoms with van der Waals surface area (Å²) < 4.78 is 31.6. The maximum atomic E-state index is 13.0. The van der Waals surface area contributed by atoms with E-state index >= 15 is 0 Å². The smallest absolute Gasteiger partial charge is 0.340 e. The molecular formula is C25H33N3O5S. The molecule has 1 heterocycles. The Morgan fingerprint density at radius 3 is 2.35 bits per heavy atom. The lowest BCUT2D eigenvalue weighted by Crippen LogP contribution is -2.31. The molecular weight excluding hydrogens is 454 g/mol. The van der Waals surface area contributed by atoms with Crippen molar-refractivity contribution in [2.75, 3.05) is 38.7 Å². The molecule has 0 saturated carbocycles. The highest BCUT2D eigenvalue weighted by atomic mass is 32.2. The topological polar surface area (TPSA) is 96.0 Å². The molecule has 0 aliphatic carbocycles. The van der Waals surface area contributed by atoms with Crippen molar-refractivity contribution in [3.8, 4) is 0 Å². The molecule has 0 spiro atoms. The Bertz CT molecular complexity index is 1170. The minimum absolute atomic E-state index is 0.000196. The number of nitrogens with zero attached hydrogens (tertiary/aromatic N) is 2. The van der Waals surface area contributed by atoms with Gasteiger partial charge in [0.25, 0.3) is 5.91 Å². The first-order valence-electron chi connectivity index (χ1n) is 11.4. The first-order valence-corrected chi connectivity index (χ1v) is 12.8. The molecule has 2 aromatic rings. The zero-order valence-corrected chi connectivity index (χ0v) is 21.2. The minimum Gasteiger partial charge on any atom is -0.452 e. The standard InChI is InChI=1S/C25H33N3O5S/c1-17-8-9-20(14-18(17)2)19(3)26-24(29)16-33-25(30)22-15-21(34(31,32)27(4)5)10-11-23(22)28-12-6-7-13-28/h8-11,14-15,19H,6-7,12-13,16H2,1-5H3,(H,26,29). The molecule has 3 rings (SSSR count). The molecule has 8 nitrogen and oxygen atoms in total. The molecule has 184 valence electrons. The molecule has 2 aromatic carbocycles. The van der Waals surface area contributed by atoms with Crippen LogP contribution in [0.3, 0.4) is 0 Å². The number of hydrogen-bond donors (Lipinski definition) is 1. The predicted molar refractivity (Wildman–Crippen MR) is 132 cm³/mol. The van der Waals surface area contributed by atoms with Crippen LogP contribution in [0.15, 0.2) is 41.3 Å². The van der Waals surface area contributed by atoms with Gasteiger partial charge in [0.2, 0.25) is 10.0 Å². The van der Waals surface area contributed by atoms with Gasteiger partial charge in [-0.15, -0.1) is 0 Å². The van der Waals surface area contributed by atoms with Crippen LogP contribution >= 0.6 is 0 Å². The maximum Gasteiger partial charge on any atom is 0.340 e. The normalized spacial score (nSPS) is 14.8. The molecule has 0 radical (unpaired) electrons. The van der Waals surface area contributed by atoms with Crippen LogP contribution in [0, 0.1) is 13.8 Å². The van der Waals surface area contributed by atoms with Crippen LogP contribution in [0.25, 0.3) is 0 Å². The van der Waals surface area contributed by atoms with E-state index in [-0.39, 0.29) is 16.5 Å². The van der Waals surface area contributed by atoms with Crippen LogP contribution in [0.4, 0.5) is 5.69 Å². The lowest BCUT2D eigenvalue weighted by atomic mass is 10.0. The summed E-state index contributed by atoms with van der Waals surface area (Å²) in [5.74, 6) is -1.16. The third-order valence-electron chi connectivity index (χ3n) is 6.16. The zero-order chi connectivity index (χ0) is 25.0. The van der Waals surface area contributed by atoms with Crippen molar-refractivity contribution >= 4 is 27.6 Å². The minimum atomic E-state index is -3.73. The average molecular weight is 488 g/mol. The summed E-state index contributed by atoms with van der Waals surface area (Å²) in [6, 6.07) is 10.2. The fourth-order valence-corrected chi connectivity index (χ4v) is 4.82. The lowest BCUT2D eigenvalue weighted by Gasteiger charge is -2.22. The Labute approximate surface area is 201 Å². The van der Waals surface area contributed by atoms with Gasteiger partial charge in [-0.3, -0.25) is 4.79 Å². The van der Waals surface area contributed by atoms with Crippen LogP contribution in [-0.2, 0) is 19.6 Å². The fourth-order valence-electron chi connectivity index (χ4n) is 3.89. The van der Waals surface area contributed by atoms with Crippen molar-refractivity contribution in [1.29, 1.82) is 0 Å². The maximum absolute atomic E-state index is 13.0. The van der Waals surface area contributed by atoms with Crippen molar-refractivity contribution in [2.24, 2.45) is 0 Å². The number of esters is 1. The third kappa shape index (κ3) is 5.77. The van der Waals surface area contributed by atoms with Crippen LogP contribution in [0.1, 0.15) is 52.9 Å². The summed E-state index contributed by atoms with van der Waals surface area (Å²) in [5.41, 5.74) is 4.01. The van der Waals surface area contributed by atoms with Crippen molar-refractivity contribution < 1.29 is 22.7 Å². The number of carbonyl (C=O) groups excluding carboxylic acids is 2. The number of amides is 1. The molecule has 1 fully saturated rings. The van der Waals surface area contributed by atoms with Crippen LogP contribution in [0.2, 0.25) is 0 Å². The van der Waals surface area contributed by atoms with Crippen LogP contribution < -0.4 is 10.2 Å². The molecule has 9 heteroatoms. The highest BCUT2D eigenvalue weighted by Crippen LogP contribution is 2.28. The summed E-state index contributed by atoms with van der Waals surface area (Å²) in [6.07, 6.45) is 1.98. The third-order valence-corrected chi connectivity index (χ3v) is 7.97. The Kier molecular flexibility index (Phi) is 7.99. The van der Waals surface area contributed by atoms with Crippen LogP contribution in [0.5, 0.6) is 0 Å². The van der Waals surface area contributed by atoms with Gasteiger partial charge >= 0.3 is 5.97 Å². The molecule has 1 atom stereocenters. The number of anilines is 1. The summed E-state index contributed by atoms with van der Waals surface area (Å²) in [6.45, 7) is 6.99. The van der Waals surface area contributed by atoms with E-state index in [2.05, 4.69) is 5.32 Å². The van der Waals surface area contributed by atoms with Gasteiger partial charge in [0, 0.05) is 27.2 Å². The largest absolute Gasteiger partial charge is 0.452 e. The molecule has 0 bridgehead atoms. The number of carbonyl (C=O) groups is 2. The second kappa shape index (κ2) is 10.6. The number of hydrogen-bond acceptors (Lipinski definition) is 6. The van der Waals surface area contributed by atoms with Gasteiger partial charge in [0.15, 0.2) is 6.61 Å². The fraction of sp³-hybridized carbons (Fsp3) is 0.440. The number of sulfonamides is 1. The second-order valence-corrected chi connectivity index (χ2v) is 11.0. The molecule has 34 heavy (non-hydrogen) atoms. The average Bonchev–Trinajstić information content (AvgIpc) is 3.33. The Hall–Kier alpha value is -2.91. The summed E-state index contributed by atoms with van der Waals surface area (Å²) in [4.78, 5) is 27.5. The van der Waals surface area contributed by atoms with E-state index in [0.717, 1.165) is 41.4 Å². The highest BCUT2D eigenvalue weighted by molar-refractivity contribution is 7.89. The van der Waals surface area contributed by atoms with Crippen molar-refractivity contribution in [3.63, 3.8) is 0 Å². The van der Waals surface area contributed by atoms with Gasteiger partial charge in [-0.05, 0) is 68.5 Å². The van der Waals surface area contributed by atoms with Gasteiger partial charge < -0.3 is 15.0 Å². The van der Waals surface area contributed by atoms with E-state index in [0.29, 0.717) is 5.69 Å². The molecule has 1 aliphatic heterocycles. The van der Waals surface area contributed by atoms with Gasteiger partial charge in [-0.2, -0.15) is 0 Å². The van der Waals surface area contributed by atoms with Crippen LogP contribution in [-0.4, -0.2) is 58.4 Å². The van der Waals surface area contributed by atoms with E-state index in [9.17, 15) is 18.0 Å². The van der Waals surface area contributed by atoms with Gasteiger partial charge in [-0.25, -0.2) is 17.5 Å². The quantitative estimate of drug-likeness (QED) is 0.575. The SMILES string of the molecule is Cc1ccc(C(C)NC(=O)COC(=O)c2cc(S(=O)(=O)N(C)C)ccc2N2CCCC2)cc1C. The van der Waals surface area contributed by atoms with E-state index in [1.165, 1.54) is 31.8 Å². The molecule has 1 saturated heterocycles. The second-order valence-electron chi connectivity index (χ2n) is 8.87. The Balaban J connectivity index is 1.74. The highest BCUT2D eigenvalue weighted by Gasteiger charge is 2.26. The monoisotopic (exact) mass is 487 g/mol. The van der Waals surface area contributed by atoms with Crippen molar-refractivity contribution in [1.82, 2.24) is 9.62 Å². The first kappa shape index (κ1) is 25.7. The van der Waals surface area contributed by atoms with Gasteiger partial charge in [-0.1, -0.05) is 18.2 Å². The molecule has 1 amide bonds. The summed E-state index contributed by atoms with van der Waals surface area (Å²) in [7, 11) is -0.863. The van der Waals surface area contributed by atoms with E-state index in [1.807, 2.05) is 43.9 Å². The molecule has 1 N–H and O–H groups in total. The number of ether oxygens (including phenoxy) is 1. The Morgan fingerprint density at radius 1 is 1.06 bits per heavy atom. The Morgan fingerprint density at radius 2 is 1.74 bits per heavy atom. The van der Waals surface area contributed by atoms with Gasteiger partial charge in [0.05, 0.1) is 22.2 Å². The number of benzene rings is 2. The van der Waals surface area contributed by atoms with Gasteiger partial charge in [0.1, 0.15) is 0 Å². The summed E-state index contributed by atoms with van der Waals surface area (Å²) in [5, 5.41) is 2.84. The van der Waals surface area contributed by atoms with E-state index in [4.69, 9.17) is 4.74 Å². The lowest BCUT2D eigenvalue weighted by molar-refractivity contribution is -0.124. The van der Waals surface area contributed by atoms with E-state index in [1.54, 1.807) is 6.07 Å². The molecule has 1 unspecified atom stereocenters. The van der Waals surface area contributed by atoms with Crippen molar-refractivity contribution in [3.05, 3.63) is 58.7 Å². The predicted octanol–water partition coefficient (Wildman–Crippen LogP) is 3.19. The zero-order valence-electron chi connectivity index (χ0n) is 20.4. The number of nitrogens with one attached hydrogen (secondary N) is 1. The first-order chi connectivity index (χ1) is 16.0. The van der Waals surface area contributed by atoms with Crippen molar-refractivity contribution in [2.45, 2.75) is 44.6 Å². The van der Waals surface area contributed by atoms with E-state index < -0.39 is 28.5 Å².